The molecule has 0 spiro atoms. The third-order valence-electron chi connectivity index (χ3n) is 3.87. The molecule has 0 aromatic heterocycles. The molecule has 1 atom stereocenters. The number of hydrogen-bond donors (Lipinski definition) is 0. The third kappa shape index (κ3) is 4.30. The number of carbonyl (C=O) groups excluding carboxylic acids is 1. The molecule has 4 heteroatoms. The van der Waals surface area contributed by atoms with E-state index in [1.54, 1.807) is 19.2 Å². The van der Waals surface area contributed by atoms with Gasteiger partial charge in [0, 0.05) is 20.2 Å². The van der Waals surface area contributed by atoms with E-state index in [0.29, 0.717) is 5.92 Å². The van der Waals surface area contributed by atoms with Crippen LogP contribution in [0.5, 0.6) is 0 Å². The maximum atomic E-state index is 13.1. The summed E-state index contributed by atoms with van der Waals surface area (Å²) in [6, 6.07) is 6.77. The van der Waals surface area contributed by atoms with Crippen molar-refractivity contribution in [1.82, 2.24) is 4.90 Å². The highest BCUT2D eigenvalue weighted by molar-refractivity contribution is 5.77. The molecule has 1 aliphatic heterocycles. The number of piperidine rings is 1. The zero-order valence-corrected chi connectivity index (χ0v) is 12.0. The van der Waals surface area contributed by atoms with Gasteiger partial charge in [-0.25, -0.2) is 4.39 Å². The first kappa shape index (κ1) is 15.0. The maximum absolute atomic E-state index is 13.1. The van der Waals surface area contributed by atoms with Crippen molar-refractivity contribution in [2.45, 2.75) is 25.7 Å². The summed E-state index contributed by atoms with van der Waals surface area (Å²) in [6.07, 6.45) is 4.06. The molecule has 1 saturated heterocycles. The van der Waals surface area contributed by atoms with Crippen LogP contribution in [0.3, 0.4) is 0 Å². The number of aryl methyl sites for hydroxylation is 1. The van der Waals surface area contributed by atoms with Crippen LogP contribution in [0.15, 0.2) is 24.3 Å². The van der Waals surface area contributed by atoms with E-state index in [1.165, 1.54) is 6.07 Å². The van der Waals surface area contributed by atoms with Gasteiger partial charge in [0.1, 0.15) is 12.4 Å². The van der Waals surface area contributed by atoms with Crippen LogP contribution >= 0.6 is 0 Å². The third-order valence-corrected chi connectivity index (χ3v) is 3.87. The summed E-state index contributed by atoms with van der Waals surface area (Å²) < 4.78 is 18.0. The molecule has 20 heavy (non-hydrogen) atoms. The molecule has 3 nitrogen and oxygen atoms in total. The number of ether oxygens (including phenoxy) is 1. The van der Waals surface area contributed by atoms with Crippen LogP contribution in [0.4, 0.5) is 4.39 Å². The molecule has 0 N–H and O–H groups in total. The fourth-order valence-corrected chi connectivity index (χ4v) is 2.81. The van der Waals surface area contributed by atoms with Crippen LogP contribution in [0, 0.1) is 11.7 Å². The van der Waals surface area contributed by atoms with Gasteiger partial charge in [0.25, 0.3) is 0 Å². The average molecular weight is 279 g/mol. The molecule has 1 fully saturated rings. The number of likely N-dealkylation sites (tertiary alicyclic amines) is 1. The summed E-state index contributed by atoms with van der Waals surface area (Å²) in [5.41, 5.74) is 1.03. The lowest BCUT2D eigenvalue weighted by Gasteiger charge is -2.32. The summed E-state index contributed by atoms with van der Waals surface area (Å²) in [7, 11) is 1.54. The number of rotatable bonds is 5. The highest BCUT2D eigenvalue weighted by Gasteiger charge is 2.23. The molecule has 1 amide bonds. The highest BCUT2D eigenvalue weighted by Crippen LogP contribution is 2.22. The second-order valence-electron chi connectivity index (χ2n) is 5.45. The van der Waals surface area contributed by atoms with Crippen LogP contribution in [0.1, 0.15) is 24.8 Å². The molecule has 1 aliphatic rings. The van der Waals surface area contributed by atoms with Crippen molar-refractivity contribution in [2.75, 3.05) is 26.8 Å². The number of halogens is 1. The highest BCUT2D eigenvalue weighted by atomic mass is 19.1. The Balaban J connectivity index is 1.82. The molecule has 0 radical (unpaired) electrons. The Morgan fingerprint density at radius 3 is 3.10 bits per heavy atom. The molecule has 2 rings (SSSR count). The molecule has 1 heterocycles. The second kappa shape index (κ2) is 7.39. The van der Waals surface area contributed by atoms with Crippen LogP contribution in [-0.4, -0.2) is 37.6 Å². The largest absolute Gasteiger partial charge is 0.375 e. The van der Waals surface area contributed by atoms with Gasteiger partial charge in [-0.3, -0.25) is 4.79 Å². The molecular formula is C16H22FNO2. The minimum Gasteiger partial charge on any atom is -0.375 e. The number of hydrogen-bond acceptors (Lipinski definition) is 2. The smallest absolute Gasteiger partial charge is 0.248 e. The Kier molecular flexibility index (Phi) is 5.53. The fraction of sp³-hybridized carbons (Fsp3) is 0.562. The van der Waals surface area contributed by atoms with E-state index >= 15 is 0 Å². The zero-order valence-electron chi connectivity index (χ0n) is 12.0. The van der Waals surface area contributed by atoms with Crippen molar-refractivity contribution < 1.29 is 13.9 Å². The molecule has 1 unspecified atom stereocenters. The lowest BCUT2D eigenvalue weighted by atomic mass is 9.91. The second-order valence-corrected chi connectivity index (χ2v) is 5.45. The monoisotopic (exact) mass is 279 g/mol. The van der Waals surface area contributed by atoms with Gasteiger partial charge in [-0.15, -0.1) is 0 Å². The Morgan fingerprint density at radius 1 is 1.50 bits per heavy atom. The maximum Gasteiger partial charge on any atom is 0.248 e. The van der Waals surface area contributed by atoms with E-state index in [0.717, 1.165) is 44.3 Å². The normalized spacial score (nSPS) is 19.1. The summed E-state index contributed by atoms with van der Waals surface area (Å²) >= 11 is 0. The first-order valence-corrected chi connectivity index (χ1v) is 7.20. The quantitative estimate of drug-likeness (QED) is 0.829. The molecule has 1 aromatic carbocycles. The molecule has 1 aromatic rings. The van der Waals surface area contributed by atoms with E-state index in [2.05, 4.69) is 0 Å². The first-order chi connectivity index (χ1) is 9.69. The predicted octanol–water partition coefficient (Wildman–Crippen LogP) is 2.64. The van der Waals surface area contributed by atoms with Crippen molar-refractivity contribution in [3.8, 4) is 0 Å². The van der Waals surface area contributed by atoms with E-state index in [-0.39, 0.29) is 18.3 Å². The zero-order chi connectivity index (χ0) is 14.4. The summed E-state index contributed by atoms with van der Waals surface area (Å²) in [4.78, 5) is 13.7. The van der Waals surface area contributed by atoms with Gasteiger partial charge in [0.2, 0.25) is 5.91 Å². The fourth-order valence-electron chi connectivity index (χ4n) is 2.81. The van der Waals surface area contributed by atoms with E-state index < -0.39 is 0 Å². The molecular weight excluding hydrogens is 257 g/mol. The summed E-state index contributed by atoms with van der Waals surface area (Å²) in [5, 5.41) is 0. The lowest BCUT2D eigenvalue weighted by Crippen LogP contribution is -2.41. The number of nitrogens with zero attached hydrogens (tertiary/aromatic N) is 1. The van der Waals surface area contributed by atoms with Crippen LogP contribution in [0.25, 0.3) is 0 Å². The molecule has 0 aliphatic carbocycles. The Labute approximate surface area is 119 Å². The van der Waals surface area contributed by atoms with Crippen molar-refractivity contribution >= 4 is 5.91 Å². The standard InChI is InChI=1S/C16H22FNO2/c1-20-12-16(19)18-9-3-5-14(11-18)8-7-13-4-2-6-15(17)10-13/h2,4,6,10,14H,3,5,7-9,11-12H2,1H3. The minimum atomic E-state index is -0.178. The average Bonchev–Trinajstić information content (AvgIpc) is 2.46. The van der Waals surface area contributed by atoms with Crippen molar-refractivity contribution in [3.05, 3.63) is 35.6 Å². The van der Waals surface area contributed by atoms with E-state index in [1.807, 2.05) is 11.0 Å². The number of amides is 1. The number of carbonyl (C=O) groups is 1. The van der Waals surface area contributed by atoms with E-state index in [4.69, 9.17) is 4.74 Å². The van der Waals surface area contributed by atoms with Gasteiger partial charge in [-0.1, -0.05) is 12.1 Å². The summed E-state index contributed by atoms with van der Waals surface area (Å²) in [6.45, 7) is 1.80. The molecule has 0 bridgehead atoms. The Hall–Kier alpha value is -1.42. The van der Waals surface area contributed by atoms with Crippen molar-refractivity contribution in [2.24, 2.45) is 5.92 Å². The van der Waals surface area contributed by atoms with Crippen LogP contribution in [0.2, 0.25) is 0 Å². The Bertz CT molecular complexity index is 450. The summed E-state index contributed by atoms with van der Waals surface area (Å²) in [5.74, 6) is 0.402. The van der Waals surface area contributed by atoms with Gasteiger partial charge >= 0.3 is 0 Å². The SMILES string of the molecule is COCC(=O)N1CCCC(CCc2cccc(F)c2)C1. The number of methoxy groups -OCH3 is 1. The molecule has 110 valence electrons. The number of benzene rings is 1. The predicted molar refractivity (Wildman–Crippen MR) is 75.9 cm³/mol. The van der Waals surface area contributed by atoms with Crippen molar-refractivity contribution in [1.29, 1.82) is 0 Å². The molecule has 0 saturated carbocycles. The topological polar surface area (TPSA) is 29.5 Å². The Morgan fingerprint density at radius 2 is 2.35 bits per heavy atom. The van der Waals surface area contributed by atoms with Crippen LogP contribution in [-0.2, 0) is 16.0 Å². The first-order valence-electron chi connectivity index (χ1n) is 7.20. The van der Waals surface area contributed by atoms with Gasteiger partial charge < -0.3 is 9.64 Å². The van der Waals surface area contributed by atoms with Gasteiger partial charge in [-0.05, 0) is 49.3 Å². The van der Waals surface area contributed by atoms with Gasteiger partial charge in [0.05, 0.1) is 0 Å². The van der Waals surface area contributed by atoms with Gasteiger partial charge in [-0.2, -0.15) is 0 Å². The van der Waals surface area contributed by atoms with Crippen LogP contribution < -0.4 is 0 Å². The van der Waals surface area contributed by atoms with Crippen molar-refractivity contribution in [3.63, 3.8) is 0 Å². The van der Waals surface area contributed by atoms with Gasteiger partial charge in [0.15, 0.2) is 0 Å². The van der Waals surface area contributed by atoms with E-state index in [9.17, 15) is 9.18 Å². The minimum absolute atomic E-state index is 0.0722. The lowest BCUT2D eigenvalue weighted by molar-refractivity contribution is -0.137.